The summed E-state index contributed by atoms with van der Waals surface area (Å²) in [5.41, 5.74) is -1.04. The molecule has 1 aromatic carbocycles. The van der Waals surface area contributed by atoms with Gasteiger partial charge in [0.1, 0.15) is 5.54 Å². The van der Waals surface area contributed by atoms with E-state index >= 15 is 0 Å². The Hall–Kier alpha value is -2.02. The number of nitrogens with one attached hydrogen (secondary N) is 1. The molecule has 0 aromatic heterocycles. The molecule has 7 heteroatoms. The number of rotatable bonds is 14. The number of unbranched alkanes of at least 4 members (excludes halogenated alkanes) is 7. The summed E-state index contributed by atoms with van der Waals surface area (Å²) in [4.78, 5) is 22.9. The first kappa shape index (κ1) is 25.2. The van der Waals surface area contributed by atoms with Gasteiger partial charge in [0, 0.05) is 12.1 Å². The number of benzene rings is 1. The maximum absolute atomic E-state index is 14.6. The zero-order valence-electron chi connectivity index (χ0n) is 18.4. The average Bonchev–Trinajstić information content (AvgIpc) is 3.18. The quantitative estimate of drug-likeness (QED) is 0.336. The van der Waals surface area contributed by atoms with Gasteiger partial charge in [-0.2, -0.15) is 0 Å². The molecule has 0 bridgehead atoms. The lowest BCUT2D eigenvalue weighted by Crippen LogP contribution is -2.50. The Bertz CT molecular complexity index is 755. The van der Waals surface area contributed by atoms with Crippen molar-refractivity contribution in [3.63, 3.8) is 0 Å². The molecule has 31 heavy (non-hydrogen) atoms. The minimum atomic E-state index is -1.43. The smallest absolute Gasteiger partial charge is 0.323 e. The van der Waals surface area contributed by atoms with E-state index in [0.29, 0.717) is 12.0 Å². The van der Waals surface area contributed by atoms with Crippen LogP contribution in [0.1, 0.15) is 88.7 Å². The van der Waals surface area contributed by atoms with Crippen molar-refractivity contribution in [2.75, 3.05) is 0 Å². The van der Waals surface area contributed by atoms with Gasteiger partial charge in [0.05, 0.1) is 5.92 Å². The van der Waals surface area contributed by atoms with Crippen LogP contribution in [0.25, 0.3) is 0 Å². The number of carboxylic acid groups (broad SMARTS) is 2. The Morgan fingerprint density at radius 3 is 2.16 bits per heavy atom. The average molecular weight is 440 g/mol. The molecular weight excluding hydrogens is 404 g/mol. The monoisotopic (exact) mass is 439 g/mol. The van der Waals surface area contributed by atoms with E-state index in [0.717, 1.165) is 19.3 Å². The van der Waals surface area contributed by atoms with E-state index in [-0.39, 0.29) is 31.4 Å². The van der Waals surface area contributed by atoms with Crippen molar-refractivity contribution in [1.29, 1.82) is 0 Å². The van der Waals surface area contributed by atoms with Crippen LogP contribution in [-0.2, 0) is 22.6 Å². The molecule has 0 saturated heterocycles. The molecule has 1 aliphatic carbocycles. The molecular formula is C24H35F2NO4. The summed E-state index contributed by atoms with van der Waals surface area (Å²) in [5.74, 6) is -4.78. The molecule has 1 saturated carbocycles. The van der Waals surface area contributed by atoms with Gasteiger partial charge in [-0.3, -0.25) is 14.9 Å². The highest BCUT2D eigenvalue weighted by Gasteiger charge is 2.47. The molecule has 0 amide bonds. The van der Waals surface area contributed by atoms with Crippen LogP contribution in [0.5, 0.6) is 0 Å². The Kier molecular flexibility index (Phi) is 9.88. The van der Waals surface area contributed by atoms with Gasteiger partial charge in [-0.05, 0) is 37.7 Å². The highest BCUT2D eigenvalue weighted by Crippen LogP contribution is 2.35. The second kappa shape index (κ2) is 12.1. The number of halogens is 2. The third-order valence-corrected chi connectivity index (χ3v) is 6.43. The summed E-state index contributed by atoms with van der Waals surface area (Å²) in [5, 5.41) is 21.5. The summed E-state index contributed by atoms with van der Waals surface area (Å²) in [6, 6.07) is 3.06. The molecule has 0 spiro atoms. The lowest BCUT2D eigenvalue weighted by Gasteiger charge is -2.26. The van der Waals surface area contributed by atoms with Crippen molar-refractivity contribution in [1.82, 2.24) is 5.32 Å². The molecule has 1 fully saturated rings. The van der Waals surface area contributed by atoms with E-state index in [1.807, 2.05) is 0 Å². The molecule has 1 aliphatic rings. The molecule has 5 nitrogen and oxygen atoms in total. The lowest BCUT2D eigenvalue weighted by molar-refractivity contribution is -0.145. The van der Waals surface area contributed by atoms with E-state index in [2.05, 4.69) is 12.2 Å². The standard InChI is InChI=1S/C24H35F2NO4/c1-2-3-4-5-6-7-8-9-10-17-11-12-19(21(26)20(17)25)16-27-24(23(30)31)14-13-18(15-24)22(28)29/h11-12,18,27H,2-10,13-16H2,1H3,(H,28,29)(H,30,31). The maximum atomic E-state index is 14.6. The topological polar surface area (TPSA) is 86.6 Å². The maximum Gasteiger partial charge on any atom is 0.323 e. The Labute approximate surface area is 183 Å². The molecule has 0 radical (unpaired) electrons. The fraction of sp³-hybridized carbons (Fsp3) is 0.667. The van der Waals surface area contributed by atoms with Gasteiger partial charge in [-0.15, -0.1) is 0 Å². The second-order valence-corrected chi connectivity index (χ2v) is 8.76. The summed E-state index contributed by atoms with van der Waals surface area (Å²) >= 11 is 0. The molecule has 0 aliphatic heterocycles. The number of aryl methyl sites for hydroxylation is 1. The number of carbonyl (C=O) groups is 2. The third kappa shape index (κ3) is 6.99. The number of aliphatic carboxylic acids is 2. The van der Waals surface area contributed by atoms with E-state index in [4.69, 9.17) is 5.11 Å². The predicted octanol–water partition coefficient (Wildman–Crippen LogP) is 5.45. The van der Waals surface area contributed by atoms with Crippen LogP contribution in [-0.4, -0.2) is 27.7 Å². The minimum absolute atomic E-state index is 0.0524. The van der Waals surface area contributed by atoms with E-state index in [1.165, 1.54) is 38.2 Å². The van der Waals surface area contributed by atoms with Gasteiger partial charge in [-0.1, -0.05) is 64.0 Å². The van der Waals surface area contributed by atoms with Crippen molar-refractivity contribution < 1.29 is 28.6 Å². The normalized spacial score (nSPS) is 20.8. The van der Waals surface area contributed by atoms with Crippen LogP contribution in [0, 0.1) is 17.6 Å². The van der Waals surface area contributed by atoms with Crippen molar-refractivity contribution in [3.8, 4) is 0 Å². The number of carboxylic acids is 2. The Morgan fingerprint density at radius 1 is 1.00 bits per heavy atom. The van der Waals surface area contributed by atoms with Gasteiger partial charge >= 0.3 is 11.9 Å². The zero-order valence-corrected chi connectivity index (χ0v) is 18.4. The largest absolute Gasteiger partial charge is 0.481 e. The van der Waals surface area contributed by atoms with Crippen LogP contribution >= 0.6 is 0 Å². The SMILES string of the molecule is CCCCCCCCCCc1ccc(CNC2(C(=O)O)CCC(C(=O)O)C2)c(F)c1F. The molecule has 2 rings (SSSR count). The molecule has 0 heterocycles. The molecule has 1 aromatic rings. The molecule has 174 valence electrons. The fourth-order valence-electron chi connectivity index (χ4n) is 4.36. The first-order chi connectivity index (χ1) is 14.8. The van der Waals surface area contributed by atoms with Crippen molar-refractivity contribution in [2.24, 2.45) is 5.92 Å². The van der Waals surface area contributed by atoms with Crippen molar-refractivity contribution >= 4 is 11.9 Å². The number of hydrogen-bond donors (Lipinski definition) is 3. The Morgan fingerprint density at radius 2 is 1.58 bits per heavy atom. The summed E-state index contributed by atoms with van der Waals surface area (Å²) in [6.45, 7) is 2.02. The molecule has 2 unspecified atom stereocenters. The van der Waals surface area contributed by atoms with E-state index in [9.17, 15) is 23.5 Å². The van der Waals surface area contributed by atoms with Crippen LogP contribution in [0.3, 0.4) is 0 Å². The van der Waals surface area contributed by atoms with Crippen molar-refractivity contribution in [3.05, 3.63) is 34.9 Å². The second-order valence-electron chi connectivity index (χ2n) is 8.76. The first-order valence-corrected chi connectivity index (χ1v) is 11.5. The van der Waals surface area contributed by atoms with Crippen molar-refractivity contribution in [2.45, 2.75) is 96.1 Å². The van der Waals surface area contributed by atoms with E-state index < -0.39 is 35.0 Å². The Balaban J connectivity index is 1.87. The van der Waals surface area contributed by atoms with Gasteiger partial charge < -0.3 is 10.2 Å². The summed E-state index contributed by atoms with van der Waals surface area (Å²) in [6.07, 6.45) is 9.82. The van der Waals surface area contributed by atoms with Gasteiger partial charge in [0.15, 0.2) is 11.6 Å². The van der Waals surface area contributed by atoms with Crippen LogP contribution in [0.2, 0.25) is 0 Å². The van der Waals surface area contributed by atoms with E-state index in [1.54, 1.807) is 6.07 Å². The highest BCUT2D eigenvalue weighted by molar-refractivity contribution is 5.81. The van der Waals surface area contributed by atoms with Crippen LogP contribution in [0.4, 0.5) is 8.78 Å². The predicted molar refractivity (Wildman–Crippen MR) is 115 cm³/mol. The molecule has 2 atom stereocenters. The van der Waals surface area contributed by atoms with Gasteiger partial charge in [0.25, 0.3) is 0 Å². The minimum Gasteiger partial charge on any atom is -0.481 e. The first-order valence-electron chi connectivity index (χ1n) is 11.5. The van der Waals surface area contributed by atoms with Crippen LogP contribution in [0.15, 0.2) is 12.1 Å². The highest BCUT2D eigenvalue weighted by atomic mass is 19.2. The summed E-state index contributed by atoms with van der Waals surface area (Å²) in [7, 11) is 0. The number of hydrogen-bond acceptors (Lipinski definition) is 3. The molecule has 3 N–H and O–H groups in total. The fourth-order valence-corrected chi connectivity index (χ4v) is 4.36. The zero-order chi connectivity index (χ0) is 22.9. The van der Waals surface area contributed by atoms with Gasteiger partial charge in [0.2, 0.25) is 0 Å². The lowest BCUT2D eigenvalue weighted by atomic mass is 9.95. The van der Waals surface area contributed by atoms with Gasteiger partial charge in [-0.25, -0.2) is 8.78 Å². The third-order valence-electron chi connectivity index (χ3n) is 6.43. The van der Waals surface area contributed by atoms with Crippen LogP contribution < -0.4 is 5.32 Å². The summed E-state index contributed by atoms with van der Waals surface area (Å²) < 4.78 is 29.1.